The van der Waals surface area contributed by atoms with E-state index in [-0.39, 0.29) is 6.10 Å². The molecular weight excluding hydrogens is 470 g/mol. The summed E-state index contributed by atoms with van der Waals surface area (Å²) in [4.78, 5) is 13.4. The van der Waals surface area contributed by atoms with Gasteiger partial charge >= 0.3 is 6.16 Å². The van der Waals surface area contributed by atoms with Crippen molar-refractivity contribution in [3.63, 3.8) is 0 Å². The van der Waals surface area contributed by atoms with Gasteiger partial charge in [0, 0.05) is 0 Å². The lowest BCUT2D eigenvalue weighted by molar-refractivity contribution is 0.0422. The van der Waals surface area contributed by atoms with Crippen LogP contribution >= 0.6 is 0 Å². The van der Waals surface area contributed by atoms with Crippen LogP contribution in [0.1, 0.15) is 187 Å². The lowest BCUT2D eigenvalue weighted by Crippen LogP contribution is -2.16. The van der Waals surface area contributed by atoms with Crippen molar-refractivity contribution >= 4 is 6.16 Å². The third kappa shape index (κ3) is 31.4. The molecule has 0 fully saturated rings. The minimum absolute atomic E-state index is 0.0954. The number of rotatable bonds is 31. The second kappa shape index (κ2) is 30.8. The maximum Gasteiger partial charge on any atom is 0.506 e. The van der Waals surface area contributed by atoms with E-state index in [2.05, 4.69) is 25.9 Å². The van der Waals surface area contributed by atoms with Gasteiger partial charge in [0.15, 0.2) is 0 Å². The fourth-order valence-corrected chi connectivity index (χ4v) is 5.54. The number of hydrogen-bond acceptors (Lipinski definition) is 3. The van der Waals surface area contributed by atoms with Gasteiger partial charge in [-0.1, -0.05) is 155 Å². The van der Waals surface area contributed by atoms with Crippen molar-refractivity contribution in [1.29, 1.82) is 0 Å². The number of nitrogens with zero attached hydrogens (tertiary/aromatic N) is 1. The van der Waals surface area contributed by atoms with Gasteiger partial charge in [0.25, 0.3) is 0 Å². The van der Waals surface area contributed by atoms with Crippen LogP contribution < -0.4 is 0 Å². The number of carbonyl (C=O) groups is 1. The molecule has 0 aromatic heterocycles. The fourth-order valence-electron chi connectivity index (χ4n) is 5.54. The van der Waals surface area contributed by atoms with Crippen molar-refractivity contribution in [1.82, 2.24) is 4.90 Å². The molecule has 0 aliphatic rings. The molecule has 1 N–H and O–H groups in total. The van der Waals surface area contributed by atoms with Crippen LogP contribution in [0, 0.1) is 0 Å². The number of hydrogen-bond donors (Lipinski definition) is 1. The lowest BCUT2D eigenvalue weighted by Gasteiger charge is -2.16. The zero-order valence-corrected chi connectivity index (χ0v) is 26.3. The van der Waals surface area contributed by atoms with Crippen LogP contribution in [0.2, 0.25) is 0 Å². The van der Waals surface area contributed by atoms with E-state index in [1.807, 2.05) is 0 Å². The Bertz CT molecular complexity index is 469. The molecule has 0 saturated carbocycles. The molecule has 4 nitrogen and oxygen atoms in total. The van der Waals surface area contributed by atoms with E-state index in [0.717, 1.165) is 25.7 Å². The SMILES string of the molecule is CCCCCCCCCCCCCCCCCC(CCCCCCCCCCCCCN(C)C)OC(=O)O. The number of ether oxygens (including phenoxy) is 1. The molecule has 4 heteroatoms. The third-order valence-electron chi connectivity index (χ3n) is 8.03. The molecule has 0 aliphatic carbocycles. The highest BCUT2D eigenvalue weighted by molar-refractivity contribution is 5.57. The first-order valence-electron chi connectivity index (χ1n) is 17.1. The summed E-state index contributed by atoms with van der Waals surface area (Å²) in [7, 11) is 4.31. The van der Waals surface area contributed by atoms with E-state index in [9.17, 15) is 4.79 Å². The van der Waals surface area contributed by atoms with E-state index in [4.69, 9.17) is 9.84 Å². The minimum atomic E-state index is -1.10. The topological polar surface area (TPSA) is 49.8 Å². The molecular formula is C34H69NO3. The molecule has 1 atom stereocenters. The molecule has 0 aromatic rings. The summed E-state index contributed by atoms with van der Waals surface area (Å²) in [5.74, 6) is 0. The van der Waals surface area contributed by atoms with Crippen LogP contribution in [-0.4, -0.2) is 42.9 Å². The van der Waals surface area contributed by atoms with Crippen molar-refractivity contribution in [2.24, 2.45) is 0 Å². The zero-order chi connectivity index (χ0) is 27.9. The molecule has 38 heavy (non-hydrogen) atoms. The van der Waals surface area contributed by atoms with E-state index in [1.165, 1.54) is 161 Å². The first-order chi connectivity index (χ1) is 18.6. The van der Waals surface area contributed by atoms with E-state index in [1.54, 1.807) is 0 Å². The van der Waals surface area contributed by atoms with Gasteiger partial charge < -0.3 is 14.7 Å². The second-order valence-corrected chi connectivity index (χ2v) is 12.2. The van der Waals surface area contributed by atoms with Crippen molar-refractivity contribution in [2.45, 2.75) is 193 Å². The molecule has 0 spiro atoms. The molecule has 0 amide bonds. The Morgan fingerprint density at radius 1 is 0.526 bits per heavy atom. The summed E-state index contributed by atoms with van der Waals surface area (Å²) in [6.45, 7) is 3.50. The average Bonchev–Trinajstić information content (AvgIpc) is 2.88. The monoisotopic (exact) mass is 540 g/mol. The third-order valence-corrected chi connectivity index (χ3v) is 8.03. The van der Waals surface area contributed by atoms with Crippen LogP contribution in [0.4, 0.5) is 4.79 Å². The smallest absolute Gasteiger partial charge is 0.450 e. The van der Waals surface area contributed by atoms with Crippen LogP contribution in [0.3, 0.4) is 0 Å². The number of unbranched alkanes of at least 4 members (excludes halogenated alkanes) is 24. The van der Waals surface area contributed by atoms with E-state index in [0.29, 0.717) is 0 Å². The fraction of sp³-hybridized carbons (Fsp3) is 0.971. The Hall–Kier alpha value is -0.770. The molecule has 0 saturated heterocycles. The Morgan fingerprint density at radius 2 is 0.816 bits per heavy atom. The Morgan fingerprint density at radius 3 is 1.11 bits per heavy atom. The standard InChI is InChI=1S/C34H69NO3/c1-4-5-6-7-8-9-10-11-12-13-15-18-21-24-27-30-33(38-34(36)37)31-28-25-22-19-16-14-17-20-23-26-29-32-35(2)3/h33H,4-32H2,1-3H3,(H,36,37). The van der Waals surface area contributed by atoms with Crippen LogP contribution in [-0.2, 0) is 4.74 Å². The molecule has 0 aliphatic heterocycles. The largest absolute Gasteiger partial charge is 0.506 e. The summed E-state index contributed by atoms with van der Waals surface area (Å²) in [5, 5.41) is 9.10. The van der Waals surface area contributed by atoms with Gasteiger partial charge in [-0.15, -0.1) is 0 Å². The maximum atomic E-state index is 11.1. The van der Waals surface area contributed by atoms with Gasteiger partial charge in [-0.3, -0.25) is 0 Å². The van der Waals surface area contributed by atoms with Gasteiger partial charge in [0.1, 0.15) is 6.10 Å². The number of carboxylic acid groups (broad SMARTS) is 1. The maximum absolute atomic E-state index is 11.1. The van der Waals surface area contributed by atoms with Crippen LogP contribution in [0.5, 0.6) is 0 Å². The summed E-state index contributed by atoms with van der Waals surface area (Å²) in [6.07, 6.45) is 35.5. The van der Waals surface area contributed by atoms with Crippen molar-refractivity contribution < 1.29 is 14.6 Å². The highest BCUT2D eigenvalue weighted by Crippen LogP contribution is 2.18. The Labute approximate surface area is 239 Å². The average molecular weight is 540 g/mol. The Kier molecular flexibility index (Phi) is 30.1. The lowest BCUT2D eigenvalue weighted by atomic mass is 10.0. The van der Waals surface area contributed by atoms with Gasteiger partial charge in [-0.25, -0.2) is 4.79 Å². The van der Waals surface area contributed by atoms with Crippen LogP contribution in [0.15, 0.2) is 0 Å². The van der Waals surface area contributed by atoms with Crippen molar-refractivity contribution in [2.75, 3.05) is 20.6 Å². The first kappa shape index (κ1) is 37.2. The molecule has 228 valence electrons. The highest BCUT2D eigenvalue weighted by Gasteiger charge is 2.13. The predicted octanol–water partition coefficient (Wildman–Crippen LogP) is 11.6. The van der Waals surface area contributed by atoms with E-state index < -0.39 is 6.16 Å². The first-order valence-corrected chi connectivity index (χ1v) is 17.1. The summed E-state index contributed by atoms with van der Waals surface area (Å²) in [5.41, 5.74) is 0. The van der Waals surface area contributed by atoms with Gasteiger partial charge in [-0.05, 0) is 52.7 Å². The zero-order valence-electron chi connectivity index (χ0n) is 26.3. The predicted molar refractivity (Wildman–Crippen MR) is 166 cm³/mol. The van der Waals surface area contributed by atoms with Crippen LogP contribution in [0.25, 0.3) is 0 Å². The Balaban J connectivity index is 3.49. The molecule has 0 heterocycles. The summed E-state index contributed by atoms with van der Waals surface area (Å²) >= 11 is 0. The minimum Gasteiger partial charge on any atom is -0.450 e. The summed E-state index contributed by atoms with van der Waals surface area (Å²) in [6, 6.07) is 0. The molecule has 1 unspecified atom stereocenters. The quantitative estimate of drug-likeness (QED) is 0.0703. The van der Waals surface area contributed by atoms with Gasteiger partial charge in [-0.2, -0.15) is 0 Å². The second-order valence-electron chi connectivity index (χ2n) is 12.2. The molecule has 0 aromatic carbocycles. The van der Waals surface area contributed by atoms with Crippen molar-refractivity contribution in [3.8, 4) is 0 Å². The van der Waals surface area contributed by atoms with Crippen molar-refractivity contribution in [3.05, 3.63) is 0 Å². The molecule has 0 bridgehead atoms. The van der Waals surface area contributed by atoms with Gasteiger partial charge in [0.05, 0.1) is 0 Å². The van der Waals surface area contributed by atoms with Gasteiger partial charge in [0.2, 0.25) is 0 Å². The molecule has 0 rings (SSSR count). The summed E-state index contributed by atoms with van der Waals surface area (Å²) < 4.78 is 5.20. The highest BCUT2D eigenvalue weighted by atomic mass is 16.7. The molecule has 0 radical (unpaired) electrons. The van der Waals surface area contributed by atoms with E-state index >= 15 is 0 Å². The normalized spacial score (nSPS) is 12.3.